The van der Waals surface area contributed by atoms with Crippen molar-refractivity contribution in [2.75, 3.05) is 20.1 Å². The predicted molar refractivity (Wildman–Crippen MR) is 106 cm³/mol. The molecule has 1 aliphatic rings. The van der Waals surface area contributed by atoms with Gasteiger partial charge in [-0.25, -0.2) is 12.8 Å². The summed E-state index contributed by atoms with van der Waals surface area (Å²) >= 11 is 6.04. The molecule has 0 spiro atoms. The lowest BCUT2D eigenvalue weighted by molar-refractivity contribution is -0.135. The molecule has 1 fully saturated rings. The van der Waals surface area contributed by atoms with Gasteiger partial charge in [-0.2, -0.15) is 4.31 Å². The first-order valence-electron chi connectivity index (χ1n) is 9.04. The average Bonchev–Trinajstić information content (AvgIpc) is 2.71. The Morgan fingerprint density at radius 3 is 2.39 bits per heavy atom. The molecule has 5 nitrogen and oxygen atoms in total. The third-order valence-corrected chi connectivity index (χ3v) is 7.28. The molecule has 1 amide bonds. The van der Waals surface area contributed by atoms with Crippen LogP contribution < -0.4 is 0 Å². The summed E-state index contributed by atoms with van der Waals surface area (Å²) in [5, 5.41) is 0.281. The van der Waals surface area contributed by atoms with E-state index in [-0.39, 0.29) is 46.9 Å². The van der Waals surface area contributed by atoms with Crippen molar-refractivity contribution in [3.63, 3.8) is 0 Å². The van der Waals surface area contributed by atoms with E-state index in [2.05, 4.69) is 0 Å². The minimum absolute atomic E-state index is 0.0763. The van der Waals surface area contributed by atoms with Crippen LogP contribution in [0.3, 0.4) is 0 Å². The van der Waals surface area contributed by atoms with Gasteiger partial charge in [-0.05, 0) is 37.1 Å². The Labute approximate surface area is 169 Å². The number of benzene rings is 2. The molecule has 0 N–H and O–H groups in total. The molecule has 3 rings (SSSR count). The summed E-state index contributed by atoms with van der Waals surface area (Å²) in [5.74, 6) is -0.871. The lowest BCUT2D eigenvalue weighted by Crippen LogP contribution is -2.43. The van der Waals surface area contributed by atoms with E-state index in [9.17, 15) is 17.6 Å². The van der Waals surface area contributed by atoms with Gasteiger partial charge in [0.2, 0.25) is 15.9 Å². The number of carbonyl (C=O) groups is 1. The fourth-order valence-corrected chi connectivity index (χ4v) is 5.11. The molecule has 0 bridgehead atoms. The van der Waals surface area contributed by atoms with Gasteiger partial charge in [0.05, 0.1) is 4.90 Å². The van der Waals surface area contributed by atoms with Crippen molar-refractivity contribution in [2.24, 2.45) is 5.92 Å². The Morgan fingerprint density at radius 1 is 1.14 bits per heavy atom. The summed E-state index contributed by atoms with van der Waals surface area (Å²) in [6, 6.07) is 12.7. The molecule has 1 aliphatic heterocycles. The van der Waals surface area contributed by atoms with Crippen LogP contribution in [0.1, 0.15) is 18.4 Å². The van der Waals surface area contributed by atoms with E-state index in [1.165, 1.54) is 21.3 Å². The van der Waals surface area contributed by atoms with E-state index >= 15 is 0 Å². The number of rotatable bonds is 5. The number of nitrogens with zero attached hydrogens (tertiary/aromatic N) is 2. The van der Waals surface area contributed by atoms with E-state index in [0.717, 1.165) is 0 Å². The summed E-state index contributed by atoms with van der Waals surface area (Å²) in [6.07, 6.45) is 0.862. The second-order valence-corrected chi connectivity index (χ2v) is 9.23. The van der Waals surface area contributed by atoms with Crippen LogP contribution in [-0.2, 0) is 21.4 Å². The van der Waals surface area contributed by atoms with Gasteiger partial charge in [-0.15, -0.1) is 0 Å². The van der Waals surface area contributed by atoms with Crippen LogP contribution in [0.5, 0.6) is 0 Å². The van der Waals surface area contributed by atoms with Crippen molar-refractivity contribution >= 4 is 27.5 Å². The maximum Gasteiger partial charge on any atom is 0.243 e. The molecule has 0 radical (unpaired) electrons. The molecule has 0 aliphatic carbocycles. The summed E-state index contributed by atoms with van der Waals surface area (Å²) in [4.78, 5) is 14.5. The molecule has 2 aromatic rings. The Hall–Kier alpha value is -1.96. The summed E-state index contributed by atoms with van der Waals surface area (Å²) in [6.45, 7) is 0.636. The predicted octanol–water partition coefficient (Wildman–Crippen LogP) is 3.54. The van der Waals surface area contributed by atoms with Gasteiger partial charge in [0.1, 0.15) is 5.82 Å². The van der Waals surface area contributed by atoms with Crippen molar-refractivity contribution in [1.82, 2.24) is 9.21 Å². The largest absolute Gasteiger partial charge is 0.341 e. The van der Waals surface area contributed by atoms with Crippen LogP contribution in [0.15, 0.2) is 53.4 Å². The van der Waals surface area contributed by atoms with E-state index in [4.69, 9.17) is 11.6 Å². The molecule has 28 heavy (non-hydrogen) atoms. The van der Waals surface area contributed by atoms with Crippen molar-refractivity contribution in [3.05, 3.63) is 64.9 Å². The molecule has 0 saturated carbocycles. The number of halogens is 2. The van der Waals surface area contributed by atoms with Crippen molar-refractivity contribution in [2.45, 2.75) is 24.3 Å². The Balaban J connectivity index is 1.62. The van der Waals surface area contributed by atoms with Gasteiger partial charge in [-0.1, -0.05) is 35.9 Å². The van der Waals surface area contributed by atoms with Crippen LogP contribution in [-0.4, -0.2) is 43.7 Å². The second kappa shape index (κ2) is 8.59. The number of sulfonamides is 1. The monoisotopic (exact) mass is 424 g/mol. The lowest BCUT2D eigenvalue weighted by Gasteiger charge is -2.32. The third kappa shape index (κ3) is 4.37. The van der Waals surface area contributed by atoms with Crippen molar-refractivity contribution in [1.29, 1.82) is 0 Å². The SMILES string of the molecule is CN(Cc1c(F)cccc1Cl)C(=O)C1CCN(S(=O)(=O)c2ccccc2)CC1. The maximum absolute atomic E-state index is 14.0. The van der Waals surface area contributed by atoms with E-state index in [1.54, 1.807) is 43.4 Å². The number of amides is 1. The summed E-state index contributed by atoms with van der Waals surface area (Å²) in [5.41, 5.74) is 0.282. The zero-order valence-electron chi connectivity index (χ0n) is 15.5. The van der Waals surface area contributed by atoms with Gasteiger partial charge in [-0.3, -0.25) is 4.79 Å². The first-order chi connectivity index (χ1) is 13.3. The lowest BCUT2D eigenvalue weighted by atomic mass is 9.96. The molecule has 1 heterocycles. The van der Waals surface area contributed by atoms with Crippen LogP contribution in [0.25, 0.3) is 0 Å². The second-order valence-electron chi connectivity index (χ2n) is 6.89. The van der Waals surface area contributed by atoms with Gasteiger partial charge in [0.15, 0.2) is 0 Å². The molecule has 2 aromatic carbocycles. The first kappa shape index (κ1) is 20.8. The Morgan fingerprint density at radius 2 is 1.79 bits per heavy atom. The fraction of sp³-hybridized carbons (Fsp3) is 0.350. The summed E-state index contributed by atoms with van der Waals surface area (Å²) in [7, 11) is -1.94. The summed E-state index contributed by atoms with van der Waals surface area (Å²) < 4.78 is 40.8. The highest BCUT2D eigenvalue weighted by Crippen LogP contribution is 2.26. The van der Waals surface area contributed by atoms with Crippen molar-refractivity contribution < 1.29 is 17.6 Å². The standard InChI is InChI=1S/C20H22ClFN2O3S/c1-23(14-17-18(21)8-5-9-19(17)22)20(25)15-10-12-24(13-11-15)28(26,27)16-6-3-2-4-7-16/h2-9,15H,10-14H2,1H3. The zero-order valence-corrected chi connectivity index (χ0v) is 17.1. The molecular formula is C20H22ClFN2O3S. The maximum atomic E-state index is 14.0. The normalized spacial score (nSPS) is 16.1. The quantitative estimate of drug-likeness (QED) is 0.737. The molecule has 150 valence electrons. The molecule has 0 aromatic heterocycles. The van der Waals surface area contributed by atoms with Crippen LogP contribution in [0.2, 0.25) is 5.02 Å². The minimum atomic E-state index is -3.55. The van der Waals surface area contributed by atoms with Gasteiger partial charge < -0.3 is 4.90 Å². The minimum Gasteiger partial charge on any atom is -0.341 e. The van der Waals surface area contributed by atoms with E-state index in [1.807, 2.05) is 0 Å². The number of hydrogen-bond donors (Lipinski definition) is 0. The van der Waals surface area contributed by atoms with Crippen molar-refractivity contribution in [3.8, 4) is 0 Å². The number of hydrogen-bond acceptors (Lipinski definition) is 3. The van der Waals surface area contributed by atoms with Crippen LogP contribution >= 0.6 is 11.6 Å². The van der Waals surface area contributed by atoms with Gasteiger partial charge in [0.25, 0.3) is 0 Å². The number of piperidine rings is 1. The van der Waals surface area contributed by atoms with Crippen LogP contribution in [0.4, 0.5) is 4.39 Å². The molecule has 8 heteroatoms. The average molecular weight is 425 g/mol. The topological polar surface area (TPSA) is 57.7 Å². The zero-order chi connectivity index (χ0) is 20.3. The van der Waals surface area contributed by atoms with E-state index in [0.29, 0.717) is 12.8 Å². The fourth-order valence-electron chi connectivity index (χ4n) is 3.39. The van der Waals surface area contributed by atoms with E-state index < -0.39 is 15.8 Å². The Bertz CT molecular complexity index is 925. The van der Waals surface area contributed by atoms with Gasteiger partial charge >= 0.3 is 0 Å². The highest BCUT2D eigenvalue weighted by atomic mass is 35.5. The van der Waals surface area contributed by atoms with Gasteiger partial charge in [0, 0.05) is 43.2 Å². The van der Waals surface area contributed by atoms with Crippen LogP contribution in [0, 0.1) is 11.7 Å². The highest BCUT2D eigenvalue weighted by molar-refractivity contribution is 7.89. The molecule has 1 saturated heterocycles. The number of carbonyl (C=O) groups excluding carboxylic acids is 1. The molecular weight excluding hydrogens is 403 g/mol. The molecule has 0 atom stereocenters. The first-order valence-corrected chi connectivity index (χ1v) is 10.9. The smallest absolute Gasteiger partial charge is 0.243 e. The third-order valence-electron chi connectivity index (χ3n) is 5.02. The molecule has 0 unspecified atom stereocenters. The Kier molecular flexibility index (Phi) is 6.37. The highest BCUT2D eigenvalue weighted by Gasteiger charge is 2.33.